The standard InChI is InChI=1S/C22H21N5O2/c1-14-24-25-21-13-26(12-18(27(14)21)10-16-6-4-3-5-7-16)22(28)17-8-9-19-20(11-17)29-15(2)23-19/h3-9,11,18H,10,12-13H2,1-2H3/t18-/m1/s1. The summed E-state index contributed by atoms with van der Waals surface area (Å²) in [6.07, 6.45) is 0.816. The molecule has 1 aliphatic rings. The van der Waals surface area contributed by atoms with Gasteiger partial charge in [0.15, 0.2) is 17.3 Å². The lowest BCUT2D eigenvalue weighted by Crippen LogP contribution is -2.42. The molecule has 3 heterocycles. The van der Waals surface area contributed by atoms with E-state index in [1.165, 1.54) is 5.56 Å². The number of aromatic nitrogens is 4. The number of aryl methyl sites for hydroxylation is 2. The summed E-state index contributed by atoms with van der Waals surface area (Å²) in [7, 11) is 0. The quantitative estimate of drug-likeness (QED) is 0.538. The van der Waals surface area contributed by atoms with Gasteiger partial charge in [0.2, 0.25) is 0 Å². The summed E-state index contributed by atoms with van der Waals surface area (Å²) in [6, 6.07) is 15.8. The maximum Gasteiger partial charge on any atom is 0.254 e. The highest BCUT2D eigenvalue weighted by atomic mass is 16.3. The lowest BCUT2D eigenvalue weighted by molar-refractivity contribution is 0.0672. The predicted octanol–water partition coefficient (Wildman–Crippen LogP) is 3.48. The molecule has 7 heteroatoms. The molecule has 0 spiro atoms. The molecule has 5 rings (SSSR count). The molecule has 146 valence electrons. The Hall–Kier alpha value is -3.48. The zero-order valence-corrected chi connectivity index (χ0v) is 16.4. The average molecular weight is 387 g/mol. The predicted molar refractivity (Wildman–Crippen MR) is 107 cm³/mol. The van der Waals surface area contributed by atoms with E-state index >= 15 is 0 Å². The number of benzene rings is 2. The maximum atomic E-state index is 13.3. The summed E-state index contributed by atoms with van der Waals surface area (Å²) < 4.78 is 7.76. The molecule has 0 saturated heterocycles. The Kier molecular flexibility index (Phi) is 4.16. The fourth-order valence-corrected chi connectivity index (χ4v) is 4.12. The molecule has 2 aromatic carbocycles. The van der Waals surface area contributed by atoms with E-state index < -0.39 is 0 Å². The minimum absolute atomic E-state index is 0.0362. The first-order valence-corrected chi connectivity index (χ1v) is 9.69. The molecule has 0 bridgehead atoms. The van der Waals surface area contributed by atoms with Gasteiger partial charge in [-0.25, -0.2) is 4.98 Å². The Balaban J connectivity index is 1.46. The number of fused-ring (bicyclic) bond motifs is 2. The van der Waals surface area contributed by atoms with Crippen LogP contribution in [0.1, 0.15) is 39.5 Å². The Morgan fingerprint density at radius 1 is 1.14 bits per heavy atom. The second kappa shape index (κ2) is 6.84. The van der Waals surface area contributed by atoms with Gasteiger partial charge in [0.05, 0.1) is 12.6 Å². The SMILES string of the molecule is Cc1nc2ccc(C(=O)N3Cc4nnc(C)n4[C@H](Cc4ccccc4)C3)cc2o1. The number of amides is 1. The van der Waals surface area contributed by atoms with Crippen molar-refractivity contribution in [2.45, 2.75) is 32.9 Å². The maximum absolute atomic E-state index is 13.3. The van der Waals surface area contributed by atoms with Crippen molar-refractivity contribution in [3.05, 3.63) is 77.2 Å². The fourth-order valence-electron chi connectivity index (χ4n) is 4.12. The van der Waals surface area contributed by atoms with Crippen molar-refractivity contribution in [3.63, 3.8) is 0 Å². The molecule has 0 unspecified atom stereocenters. The van der Waals surface area contributed by atoms with Crippen LogP contribution in [-0.2, 0) is 13.0 Å². The Bertz CT molecular complexity index is 1190. The van der Waals surface area contributed by atoms with Gasteiger partial charge in [-0.2, -0.15) is 0 Å². The lowest BCUT2D eigenvalue weighted by Gasteiger charge is -2.34. The molecule has 7 nitrogen and oxygen atoms in total. The van der Waals surface area contributed by atoms with Gasteiger partial charge in [0.1, 0.15) is 11.3 Å². The summed E-state index contributed by atoms with van der Waals surface area (Å²) in [5.74, 6) is 2.26. The number of oxazole rings is 1. The fraction of sp³-hybridized carbons (Fsp3) is 0.273. The first kappa shape index (κ1) is 17.6. The van der Waals surface area contributed by atoms with Gasteiger partial charge in [-0.05, 0) is 37.1 Å². The minimum atomic E-state index is -0.0362. The van der Waals surface area contributed by atoms with E-state index in [1.54, 1.807) is 13.0 Å². The normalized spacial score (nSPS) is 16.2. The molecule has 1 aliphatic heterocycles. The van der Waals surface area contributed by atoms with Crippen molar-refractivity contribution in [2.75, 3.05) is 6.54 Å². The monoisotopic (exact) mass is 387 g/mol. The molecule has 0 radical (unpaired) electrons. The number of carbonyl (C=O) groups is 1. The van der Waals surface area contributed by atoms with Gasteiger partial charge in [0, 0.05) is 19.0 Å². The highest BCUT2D eigenvalue weighted by molar-refractivity contribution is 5.97. The van der Waals surface area contributed by atoms with Crippen LogP contribution < -0.4 is 0 Å². The number of hydrogen-bond donors (Lipinski definition) is 0. The Morgan fingerprint density at radius 3 is 2.79 bits per heavy atom. The van der Waals surface area contributed by atoms with Crippen LogP contribution in [0.25, 0.3) is 11.1 Å². The minimum Gasteiger partial charge on any atom is -0.441 e. The Labute approximate surface area is 168 Å². The molecule has 0 N–H and O–H groups in total. The van der Waals surface area contributed by atoms with Gasteiger partial charge in [-0.15, -0.1) is 10.2 Å². The third kappa shape index (κ3) is 3.18. The number of nitrogens with zero attached hydrogens (tertiary/aromatic N) is 5. The molecule has 2 aromatic heterocycles. The van der Waals surface area contributed by atoms with Crippen molar-refractivity contribution >= 4 is 17.0 Å². The van der Waals surface area contributed by atoms with Gasteiger partial charge in [-0.3, -0.25) is 4.79 Å². The van der Waals surface area contributed by atoms with E-state index in [0.717, 1.165) is 23.6 Å². The van der Waals surface area contributed by atoms with E-state index in [4.69, 9.17) is 4.42 Å². The first-order chi connectivity index (χ1) is 14.1. The largest absolute Gasteiger partial charge is 0.441 e. The van der Waals surface area contributed by atoms with Crippen LogP contribution in [0.4, 0.5) is 0 Å². The van der Waals surface area contributed by atoms with Crippen LogP contribution in [0.3, 0.4) is 0 Å². The summed E-state index contributed by atoms with van der Waals surface area (Å²) in [5.41, 5.74) is 3.21. The van der Waals surface area contributed by atoms with Crippen LogP contribution >= 0.6 is 0 Å². The zero-order valence-electron chi connectivity index (χ0n) is 16.4. The van der Waals surface area contributed by atoms with Crippen LogP contribution in [0.2, 0.25) is 0 Å². The molecular formula is C22H21N5O2. The van der Waals surface area contributed by atoms with Gasteiger partial charge >= 0.3 is 0 Å². The highest BCUT2D eigenvalue weighted by Crippen LogP contribution is 2.27. The van der Waals surface area contributed by atoms with Gasteiger partial charge in [0.25, 0.3) is 5.91 Å². The molecule has 0 saturated carbocycles. The topological polar surface area (TPSA) is 77.1 Å². The van der Waals surface area contributed by atoms with E-state index in [9.17, 15) is 4.79 Å². The summed E-state index contributed by atoms with van der Waals surface area (Å²) in [4.78, 5) is 19.4. The molecule has 0 fully saturated rings. The highest BCUT2D eigenvalue weighted by Gasteiger charge is 2.31. The lowest BCUT2D eigenvalue weighted by atomic mass is 10.0. The van der Waals surface area contributed by atoms with E-state index in [-0.39, 0.29) is 11.9 Å². The first-order valence-electron chi connectivity index (χ1n) is 9.69. The number of rotatable bonds is 3. The summed E-state index contributed by atoms with van der Waals surface area (Å²) >= 11 is 0. The van der Waals surface area contributed by atoms with Crippen molar-refractivity contribution in [1.82, 2.24) is 24.6 Å². The summed E-state index contributed by atoms with van der Waals surface area (Å²) in [5, 5.41) is 8.57. The molecule has 4 aromatic rings. The van der Waals surface area contributed by atoms with E-state index in [0.29, 0.717) is 30.1 Å². The van der Waals surface area contributed by atoms with Crippen LogP contribution in [0.5, 0.6) is 0 Å². The number of hydrogen-bond acceptors (Lipinski definition) is 5. The van der Waals surface area contributed by atoms with Crippen LogP contribution in [-0.4, -0.2) is 37.1 Å². The van der Waals surface area contributed by atoms with Gasteiger partial charge in [-0.1, -0.05) is 30.3 Å². The smallest absolute Gasteiger partial charge is 0.254 e. The van der Waals surface area contributed by atoms with Crippen molar-refractivity contribution < 1.29 is 9.21 Å². The van der Waals surface area contributed by atoms with Gasteiger partial charge < -0.3 is 13.9 Å². The number of carbonyl (C=O) groups excluding carboxylic acids is 1. The molecule has 0 aliphatic carbocycles. The second-order valence-corrected chi connectivity index (χ2v) is 7.48. The second-order valence-electron chi connectivity index (χ2n) is 7.48. The molecular weight excluding hydrogens is 366 g/mol. The van der Waals surface area contributed by atoms with Crippen LogP contribution in [0.15, 0.2) is 52.9 Å². The average Bonchev–Trinajstić information content (AvgIpc) is 3.29. The third-order valence-corrected chi connectivity index (χ3v) is 5.41. The zero-order chi connectivity index (χ0) is 20.0. The van der Waals surface area contributed by atoms with E-state index in [1.807, 2.05) is 42.2 Å². The van der Waals surface area contributed by atoms with Crippen molar-refractivity contribution in [3.8, 4) is 0 Å². The Morgan fingerprint density at radius 2 is 1.97 bits per heavy atom. The van der Waals surface area contributed by atoms with Crippen molar-refractivity contribution in [1.29, 1.82) is 0 Å². The molecule has 1 atom stereocenters. The van der Waals surface area contributed by atoms with E-state index in [2.05, 4.69) is 31.9 Å². The molecule has 1 amide bonds. The third-order valence-electron chi connectivity index (χ3n) is 5.41. The van der Waals surface area contributed by atoms with Crippen molar-refractivity contribution in [2.24, 2.45) is 0 Å². The molecule has 29 heavy (non-hydrogen) atoms. The van der Waals surface area contributed by atoms with Crippen LogP contribution in [0, 0.1) is 13.8 Å². The summed E-state index contributed by atoms with van der Waals surface area (Å²) in [6.45, 7) is 4.81.